The highest BCUT2D eigenvalue weighted by molar-refractivity contribution is 7.12. The highest BCUT2D eigenvalue weighted by atomic mass is 32.1. The van der Waals surface area contributed by atoms with Gasteiger partial charge in [0.2, 0.25) is 0 Å². The molecule has 0 bridgehead atoms. The summed E-state index contributed by atoms with van der Waals surface area (Å²) in [6.45, 7) is 4.09. The zero-order valence-electron chi connectivity index (χ0n) is 10.4. The maximum Gasteiger partial charge on any atom is 0.195 e. The number of carbonyl (C=O) groups is 1. The number of allylic oxidation sites excluding steroid dienone is 1. The lowest BCUT2D eigenvalue weighted by atomic mass is 10.2. The van der Waals surface area contributed by atoms with Crippen LogP contribution in [0, 0.1) is 0 Å². The first-order valence-electron chi connectivity index (χ1n) is 5.89. The molecule has 0 aliphatic heterocycles. The number of hydrogen-bond acceptors (Lipinski definition) is 3. The van der Waals surface area contributed by atoms with Crippen LogP contribution < -0.4 is 4.74 Å². The Morgan fingerprint density at radius 3 is 2.68 bits per heavy atom. The molecule has 0 atom stereocenters. The molecule has 2 rings (SSSR count). The van der Waals surface area contributed by atoms with E-state index in [1.54, 1.807) is 18.2 Å². The third kappa shape index (κ3) is 3.93. The van der Waals surface area contributed by atoms with Crippen LogP contribution in [0.25, 0.3) is 6.08 Å². The van der Waals surface area contributed by atoms with Gasteiger partial charge in [0.1, 0.15) is 12.4 Å². The van der Waals surface area contributed by atoms with E-state index in [4.69, 9.17) is 4.74 Å². The minimum Gasteiger partial charge on any atom is -0.490 e. The highest BCUT2D eigenvalue weighted by Crippen LogP contribution is 2.14. The molecule has 0 saturated carbocycles. The fourth-order valence-corrected chi connectivity index (χ4v) is 2.15. The summed E-state index contributed by atoms with van der Waals surface area (Å²) in [6, 6.07) is 11.3. The molecular weight excluding hydrogens is 256 g/mol. The first-order valence-corrected chi connectivity index (χ1v) is 6.77. The van der Waals surface area contributed by atoms with Crippen LogP contribution >= 0.6 is 11.3 Å². The van der Waals surface area contributed by atoms with Gasteiger partial charge >= 0.3 is 0 Å². The van der Waals surface area contributed by atoms with E-state index in [-0.39, 0.29) is 5.78 Å². The van der Waals surface area contributed by atoms with E-state index in [1.165, 1.54) is 11.3 Å². The summed E-state index contributed by atoms with van der Waals surface area (Å²) in [5.41, 5.74) is 0.968. The second kappa shape index (κ2) is 6.71. The lowest BCUT2D eigenvalue weighted by Crippen LogP contribution is -1.92. The summed E-state index contributed by atoms with van der Waals surface area (Å²) in [4.78, 5) is 12.5. The molecule has 0 fully saturated rings. The molecular formula is C16H14O2S. The fraction of sp³-hybridized carbons (Fsp3) is 0.0625. The van der Waals surface area contributed by atoms with Gasteiger partial charge in [-0.1, -0.05) is 36.9 Å². The zero-order chi connectivity index (χ0) is 13.5. The van der Waals surface area contributed by atoms with Crippen molar-refractivity contribution < 1.29 is 9.53 Å². The standard InChI is InChI=1S/C16H14O2S/c1-2-11-18-14-8-5-13(6-9-14)7-10-15(17)16-4-3-12-19-16/h2-10,12H,1,11H2/b10-7+. The molecule has 2 nitrogen and oxygen atoms in total. The van der Waals surface area contributed by atoms with Crippen molar-refractivity contribution in [3.8, 4) is 5.75 Å². The Bertz CT molecular complexity index is 565. The summed E-state index contributed by atoms with van der Waals surface area (Å²) >= 11 is 1.45. The normalized spacial score (nSPS) is 10.5. The molecule has 0 unspecified atom stereocenters. The summed E-state index contributed by atoms with van der Waals surface area (Å²) < 4.78 is 5.39. The molecule has 19 heavy (non-hydrogen) atoms. The summed E-state index contributed by atoms with van der Waals surface area (Å²) in [5, 5.41) is 1.90. The molecule has 0 saturated heterocycles. The monoisotopic (exact) mass is 270 g/mol. The maximum absolute atomic E-state index is 11.8. The van der Waals surface area contributed by atoms with Gasteiger partial charge in [-0.2, -0.15) is 0 Å². The van der Waals surface area contributed by atoms with Gasteiger partial charge in [-0.05, 0) is 35.2 Å². The average molecular weight is 270 g/mol. The van der Waals surface area contributed by atoms with E-state index < -0.39 is 0 Å². The first kappa shape index (κ1) is 13.3. The van der Waals surface area contributed by atoms with Gasteiger partial charge in [0.25, 0.3) is 0 Å². The van der Waals surface area contributed by atoms with E-state index in [0.717, 1.165) is 16.2 Å². The van der Waals surface area contributed by atoms with Gasteiger partial charge in [-0.15, -0.1) is 11.3 Å². The molecule has 0 aliphatic carbocycles. The molecule has 0 spiro atoms. The molecule has 1 aromatic heterocycles. The van der Waals surface area contributed by atoms with E-state index in [9.17, 15) is 4.79 Å². The fourth-order valence-electron chi connectivity index (χ4n) is 1.50. The minimum absolute atomic E-state index is 0.0296. The Morgan fingerprint density at radius 1 is 1.26 bits per heavy atom. The lowest BCUT2D eigenvalue weighted by Gasteiger charge is -2.02. The third-order valence-electron chi connectivity index (χ3n) is 2.44. The quantitative estimate of drug-likeness (QED) is 0.446. The molecule has 1 aromatic carbocycles. The van der Waals surface area contributed by atoms with Gasteiger partial charge < -0.3 is 4.74 Å². The van der Waals surface area contributed by atoms with Crippen molar-refractivity contribution in [2.75, 3.05) is 6.61 Å². The van der Waals surface area contributed by atoms with E-state index in [0.29, 0.717) is 6.61 Å². The average Bonchev–Trinajstić information content (AvgIpc) is 2.98. The maximum atomic E-state index is 11.8. The van der Waals surface area contributed by atoms with E-state index in [2.05, 4.69) is 6.58 Å². The van der Waals surface area contributed by atoms with Crippen molar-refractivity contribution in [2.45, 2.75) is 0 Å². The molecule has 2 aromatic rings. The number of benzene rings is 1. The minimum atomic E-state index is 0.0296. The number of thiophene rings is 1. The van der Waals surface area contributed by atoms with Crippen molar-refractivity contribution in [3.05, 3.63) is 70.9 Å². The van der Waals surface area contributed by atoms with Crippen molar-refractivity contribution in [1.82, 2.24) is 0 Å². The van der Waals surface area contributed by atoms with Crippen LogP contribution in [0.5, 0.6) is 5.75 Å². The SMILES string of the molecule is C=CCOc1ccc(/C=C/C(=O)c2cccs2)cc1. The van der Waals surface area contributed by atoms with Gasteiger partial charge in [0, 0.05) is 0 Å². The Hall–Kier alpha value is -2.13. The zero-order valence-corrected chi connectivity index (χ0v) is 11.2. The second-order valence-corrected chi connectivity index (χ2v) is 4.79. The van der Waals surface area contributed by atoms with Crippen molar-refractivity contribution in [3.63, 3.8) is 0 Å². The molecule has 1 heterocycles. The molecule has 0 amide bonds. The van der Waals surface area contributed by atoms with Crippen molar-refractivity contribution >= 4 is 23.2 Å². The topological polar surface area (TPSA) is 26.3 Å². The molecule has 3 heteroatoms. The Kier molecular flexibility index (Phi) is 4.70. The largest absolute Gasteiger partial charge is 0.490 e. The predicted molar refractivity (Wildman–Crippen MR) is 79.8 cm³/mol. The molecule has 0 radical (unpaired) electrons. The van der Waals surface area contributed by atoms with Crippen LogP contribution in [0.15, 0.2) is 60.5 Å². The predicted octanol–water partition coefficient (Wildman–Crippen LogP) is 4.21. The van der Waals surface area contributed by atoms with Gasteiger partial charge in [-0.25, -0.2) is 0 Å². The van der Waals surface area contributed by atoms with Crippen LogP contribution in [0.2, 0.25) is 0 Å². The number of hydrogen-bond donors (Lipinski definition) is 0. The second-order valence-electron chi connectivity index (χ2n) is 3.84. The molecule has 96 valence electrons. The summed E-state index contributed by atoms with van der Waals surface area (Å²) in [6.07, 6.45) is 5.10. The molecule has 0 N–H and O–H groups in total. The van der Waals surface area contributed by atoms with Crippen molar-refractivity contribution in [2.24, 2.45) is 0 Å². The lowest BCUT2D eigenvalue weighted by molar-refractivity contribution is 0.105. The van der Waals surface area contributed by atoms with E-state index >= 15 is 0 Å². The van der Waals surface area contributed by atoms with Crippen LogP contribution in [0.3, 0.4) is 0 Å². The summed E-state index contributed by atoms with van der Waals surface area (Å²) in [5.74, 6) is 0.823. The number of rotatable bonds is 6. The number of ether oxygens (including phenoxy) is 1. The smallest absolute Gasteiger partial charge is 0.195 e. The Morgan fingerprint density at radius 2 is 2.05 bits per heavy atom. The van der Waals surface area contributed by atoms with Crippen LogP contribution in [0.4, 0.5) is 0 Å². The Balaban J connectivity index is 1.99. The van der Waals surface area contributed by atoms with E-state index in [1.807, 2.05) is 41.8 Å². The van der Waals surface area contributed by atoms with Gasteiger partial charge in [0.15, 0.2) is 5.78 Å². The van der Waals surface area contributed by atoms with Crippen LogP contribution in [0.1, 0.15) is 15.2 Å². The highest BCUT2D eigenvalue weighted by Gasteiger charge is 2.01. The van der Waals surface area contributed by atoms with Crippen molar-refractivity contribution in [1.29, 1.82) is 0 Å². The van der Waals surface area contributed by atoms with Gasteiger partial charge in [0.05, 0.1) is 4.88 Å². The van der Waals surface area contributed by atoms with Gasteiger partial charge in [-0.3, -0.25) is 4.79 Å². The number of carbonyl (C=O) groups excluding carboxylic acids is 1. The third-order valence-corrected chi connectivity index (χ3v) is 3.32. The molecule has 0 aliphatic rings. The number of ketones is 1. The van der Waals surface area contributed by atoms with Crippen LogP contribution in [-0.4, -0.2) is 12.4 Å². The summed E-state index contributed by atoms with van der Waals surface area (Å²) in [7, 11) is 0. The van der Waals surface area contributed by atoms with Crippen LogP contribution in [-0.2, 0) is 0 Å². The first-order chi connectivity index (χ1) is 9.29. The Labute approximate surface area is 116 Å².